The van der Waals surface area contributed by atoms with Crippen LogP contribution in [0.2, 0.25) is 35.7 Å². The number of imidazole rings is 1. The summed E-state index contributed by atoms with van der Waals surface area (Å²) in [7, 11) is 0.195. The molecule has 1 aliphatic rings. The van der Waals surface area contributed by atoms with Gasteiger partial charge in [-0.05, 0) is 62.7 Å². The molecule has 0 atom stereocenters. The Hall–Kier alpha value is -4.35. The van der Waals surface area contributed by atoms with Gasteiger partial charge in [0.2, 0.25) is 0 Å². The van der Waals surface area contributed by atoms with E-state index < -0.39 is 19.8 Å². The molecule has 2 aromatic carbocycles. The predicted molar refractivity (Wildman–Crippen MR) is 206 cm³/mol. The zero-order valence-corrected chi connectivity index (χ0v) is 33.2. The topological polar surface area (TPSA) is 135 Å². The van der Waals surface area contributed by atoms with Crippen molar-refractivity contribution in [3.63, 3.8) is 0 Å². The van der Waals surface area contributed by atoms with Crippen LogP contribution in [0.5, 0.6) is 5.75 Å². The minimum atomic E-state index is -1.31. The normalized spacial score (nSPS) is 13.6. The summed E-state index contributed by atoms with van der Waals surface area (Å²) in [6, 6.07) is 13.7. The van der Waals surface area contributed by atoms with Crippen LogP contribution in [0.1, 0.15) is 48.0 Å². The Kier molecular flexibility index (Phi) is 12.0. The van der Waals surface area contributed by atoms with E-state index in [2.05, 4.69) is 36.0 Å². The molecule has 5 rings (SSSR count). The molecular formula is C37H45Cl2N7O5Si. The van der Waals surface area contributed by atoms with Crippen molar-refractivity contribution in [2.24, 2.45) is 0 Å². The number of aromatic nitrogens is 3. The summed E-state index contributed by atoms with van der Waals surface area (Å²) in [4.78, 5) is 38.9. The largest absolute Gasteiger partial charge is 0.495 e. The number of anilines is 2. The smallest absolute Gasteiger partial charge is 0.410 e. The van der Waals surface area contributed by atoms with Crippen molar-refractivity contribution in [2.45, 2.75) is 65.2 Å². The van der Waals surface area contributed by atoms with E-state index >= 15 is 0 Å². The van der Waals surface area contributed by atoms with E-state index in [1.54, 1.807) is 52.5 Å². The van der Waals surface area contributed by atoms with Crippen molar-refractivity contribution in [3.05, 3.63) is 75.2 Å². The average molecular weight is 767 g/mol. The first-order chi connectivity index (χ1) is 24.6. The first-order valence-electron chi connectivity index (χ1n) is 17.1. The average Bonchev–Trinajstić information content (AvgIpc) is 3.51. The lowest BCUT2D eigenvalue weighted by Gasteiger charge is -2.35. The van der Waals surface area contributed by atoms with Crippen LogP contribution in [0.15, 0.2) is 42.7 Å². The Balaban J connectivity index is 1.44. The fourth-order valence-electron chi connectivity index (χ4n) is 5.70. The molecule has 0 aliphatic carbocycles. The monoisotopic (exact) mass is 765 g/mol. The lowest BCUT2D eigenvalue weighted by atomic mass is 10.1. The van der Waals surface area contributed by atoms with Crippen LogP contribution in [0, 0.1) is 11.3 Å². The van der Waals surface area contributed by atoms with Gasteiger partial charge in [-0.1, -0.05) is 48.9 Å². The Morgan fingerprint density at radius 1 is 1.04 bits per heavy atom. The summed E-state index contributed by atoms with van der Waals surface area (Å²) in [5, 5.41) is 14.8. The van der Waals surface area contributed by atoms with Crippen molar-refractivity contribution in [1.82, 2.24) is 24.3 Å². The van der Waals surface area contributed by atoms with Gasteiger partial charge in [0.25, 0.3) is 5.91 Å². The summed E-state index contributed by atoms with van der Waals surface area (Å²) in [6.07, 6.45) is 1.52. The molecule has 2 amide bonds. The van der Waals surface area contributed by atoms with Crippen LogP contribution < -0.4 is 10.1 Å². The fourth-order valence-corrected chi connectivity index (χ4v) is 6.98. The highest BCUT2D eigenvalue weighted by Crippen LogP contribution is 2.35. The molecule has 0 radical (unpaired) electrons. The molecule has 4 aromatic rings. The van der Waals surface area contributed by atoms with Crippen molar-refractivity contribution in [1.29, 1.82) is 5.26 Å². The van der Waals surface area contributed by atoms with Gasteiger partial charge < -0.3 is 33.9 Å². The molecule has 0 bridgehead atoms. The SMILES string of the molecule is COc1cc(C(=O)N2CCN(C(=O)OC(C)(C)C)CC2)ccc1Nc1nc(Cc2c(Cl)cccc2Cl)c2ncn(COCC[Si](C)(C)C)c2c1C#N. The van der Waals surface area contributed by atoms with E-state index in [1.807, 2.05) is 25.3 Å². The number of hydrogen-bond donors (Lipinski definition) is 1. The van der Waals surface area contributed by atoms with Gasteiger partial charge in [0.1, 0.15) is 35.2 Å². The number of nitrogens with one attached hydrogen (secondary N) is 1. The molecule has 1 N–H and O–H groups in total. The van der Waals surface area contributed by atoms with Crippen molar-refractivity contribution in [3.8, 4) is 11.8 Å². The standard InChI is InChI=1S/C37H45Cl2N7O5Si/c1-37(2,3)51-36(48)45-15-13-44(14-16-45)35(47)24-11-12-29(31(19-24)49-4)42-34-26(21-40)33-32(41-22-46(33)23-50-17-18-52(5,6)7)30(43-34)20-25-27(38)9-8-10-28(25)39/h8-12,19,22H,13-18,20,23H2,1-7H3,(H,42,43). The molecular weight excluding hydrogens is 721 g/mol. The third kappa shape index (κ3) is 9.35. The van der Waals surface area contributed by atoms with Crippen LogP contribution in [-0.2, 0) is 22.6 Å². The summed E-state index contributed by atoms with van der Waals surface area (Å²) in [5.74, 6) is 0.457. The lowest BCUT2D eigenvalue weighted by molar-refractivity contribution is 0.0141. The maximum atomic E-state index is 13.6. The zero-order valence-electron chi connectivity index (χ0n) is 30.7. The third-order valence-corrected chi connectivity index (χ3v) is 10.9. The van der Waals surface area contributed by atoms with E-state index in [0.717, 1.165) is 6.04 Å². The first kappa shape index (κ1) is 38.9. The molecule has 2 aromatic heterocycles. The maximum absolute atomic E-state index is 13.6. The van der Waals surface area contributed by atoms with Crippen LogP contribution in [0.3, 0.4) is 0 Å². The summed E-state index contributed by atoms with van der Waals surface area (Å²) in [6.45, 7) is 14.6. The molecule has 0 saturated carbocycles. The molecule has 276 valence electrons. The van der Waals surface area contributed by atoms with Gasteiger partial charge in [-0.3, -0.25) is 4.79 Å². The number of benzene rings is 2. The molecule has 0 spiro atoms. The maximum Gasteiger partial charge on any atom is 0.410 e. The zero-order chi connectivity index (χ0) is 37.8. The highest BCUT2D eigenvalue weighted by molar-refractivity contribution is 6.76. The molecule has 52 heavy (non-hydrogen) atoms. The quantitative estimate of drug-likeness (QED) is 0.119. The number of rotatable bonds is 11. The van der Waals surface area contributed by atoms with Gasteiger partial charge in [0.05, 0.1) is 30.3 Å². The Morgan fingerprint density at radius 3 is 2.33 bits per heavy atom. The van der Waals surface area contributed by atoms with E-state index in [4.69, 9.17) is 42.4 Å². The highest BCUT2D eigenvalue weighted by Gasteiger charge is 2.29. The van der Waals surface area contributed by atoms with Crippen molar-refractivity contribution in [2.75, 3.05) is 45.2 Å². The van der Waals surface area contributed by atoms with Gasteiger partial charge in [-0.25, -0.2) is 14.8 Å². The molecule has 1 fully saturated rings. The second-order valence-electron chi connectivity index (χ2n) is 14.8. The van der Waals surface area contributed by atoms with Crippen LogP contribution in [0.25, 0.3) is 11.0 Å². The van der Waals surface area contributed by atoms with Crippen LogP contribution >= 0.6 is 23.2 Å². The number of hydrogen-bond acceptors (Lipinski definition) is 9. The van der Waals surface area contributed by atoms with Gasteiger partial charge >= 0.3 is 6.09 Å². The summed E-state index contributed by atoms with van der Waals surface area (Å²) >= 11 is 13.1. The number of nitrogens with zero attached hydrogens (tertiary/aromatic N) is 6. The number of ether oxygens (including phenoxy) is 3. The van der Waals surface area contributed by atoms with Gasteiger partial charge in [-0.15, -0.1) is 0 Å². The number of carbonyl (C=O) groups is 2. The van der Waals surface area contributed by atoms with Crippen molar-refractivity contribution < 1.29 is 23.8 Å². The minimum Gasteiger partial charge on any atom is -0.495 e. The Morgan fingerprint density at radius 2 is 1.71 bits per heavy atom. The number of methoxy groups -OCH3 is 1. The lowest BCUT2D eigenvalue weighted by Crippen LogP contribution is -2.51. The molecule has 0 unspecified atom stereocenters. The predicted octanol–water partition coefficient (Wildman–Crippen LogP) is 7.96. The van der Waals surface area contributed by atoms with Crippen LogP contribution in [0.4, 0.5) is 16.3 Å². The van der Waals surface area contributed by atoms with Crippen molar-refractivity contribution >= 4 is 65.8 Å². The van der Waals surface area contributed by atoms with E-state index in [-0.39, 0.29) is 30.4 Å². The number of fused-ring (bicyclic) bond motifs is 1. The minimum absolute atomic E-state index is 0.192. The number of halogens is 2. The molecule has 1 aliphatic heterocycles. The van der Waals surface area contributed by atoms with E-state index in [1.165, 1.54) is 7.11 Å². The summed E-state index contributed by atoms with van der Waals surface area (Å²) < 4.78 is 19.1. The number of nitriles is 1. The number of pyridine rings is 1. The summed E-state index contributed by atoms with van der Waals surface area (Å²) in [5.41, 5.74) is 2.91. The van der Waals surface area contributed by atoms with E-state index in [0.29, 0.717) is 82.1 Å². The highest BCUT2D eigenvalue weighted by atomic mass is 35.5. The Labute approximate surface area is 315 Å². The Bertz CT molecular complexity index is 1970. The number of amides is 2. The number of carbonyl (C=O) groups excluding carboxylic acids is 2. The fraction of sp³-hybridized carbons (Fsp3) is 0.432. The van der Waals surface area contributed by atoms with E-state index in [9.17, 15) is 14.9 Å². The molecule has 15 heteroatoms. The second-order valence-corrected chi connectivity index (χ2v) is 21.3. The molecule has 12 nitrogen and oxygen atoms in total. The third-order valence-electron chi connectivity index (χ3n) is 8.50. The van der Waals surface area contributed by atoms with Crippen LogP contribution in [-0.4, -0.2) is 89.9 Å². The molecule has 1 saturated heterocycles. The van der Waals surface area contributed by atoms with Gasteiger partial charge in [0, 0.05) is 62.9 Å². The van der Waals surface area contributed by atoms with Gasteiger partial charge in [-0.2, -0.15) is 5.26 Å². The second kappa shape index (κ2) is 16.1. The first-order valence-corrected chi connectivity index (χ1v) is 21.6. The molecule has 3 heterocycles. The van der Waals surface area contributed by atoms with Gasteiger partial charge in [0.15, 0.2) is 5.82 Å². The number of piperazine rings is 1.